The molecule has 0 amide bonds. The van der Waals surface area contributed by atoms with Crippen molar-refractivity contribution in [3.8, 4) is 17.2 Å². The van der Waals surface area contributed by atoms with Gasteiger partial charge in [-0.2, -0.15) is 0 Å². The number of benzene rings is 1. The summed E-state index contributed by atoms with van der Waals surface area (Å²) in [7, 11) is -1.64. The monoisotopic (exact) mass is 317 g/mol. The molecule has 122 valence electrons. The van der Waals surface area contributed by atoms with Crippen LogP contribution in [0.1, 0.15) is 47.1 Å². The summed E-state index contributed by atoms with van der Waals surface area (Å²) < 4.78 is 5.75. The zero-order valence-corrected chi connectivity index (χ0v) is 15.9. The minimum atomic E-state index is -1.64. The number of hydrogen-bond donors (Lipinski definition) is 1. The van der Waals surface area contributed by atoms with Crippen LogP contribution in [0.4, 0.5) is 0 Å². The maximum atomic E-state index is 5.75. The van der Waals surface area contributed by atoms with Crippen molar-refractivity contribution >= 4 is 8.07 Å². The van der Waals surface area contributed by atoms with E-state index in [1.807, 2.05) is 24.3 Å². The maximum Gasteiger partial charge on any atom is 0.148 e. The van der Waals surface area contributed by atoms with Crippen LogP contribution in [0.5, 0.6) is 5.75 Å². The van der Waals surface area contributed by atoms with Gasteiger partial charge in [0.05, 0.1) is 0 Å². The number of hydrogen-bond acceptors (Lipinski definition) is 2. The highest BCUT2D eigenvalue weighted by Crippen LogP contribution is 2.40. The van der Waals surface area contributed by atoms with Crippen LogP contribution in [0.2, 0.25) is 16.6 Å². The third kappa shape index (κ3) is 4.38. The molecule has 0 bridgehead atoms. The molecule has 0 aliphatic heterocycles. The molecule has 0 saturated heterocycles. The Labute approximate surface area is 137 Å². The summed E-state index contributed by atoms with van der Waals surface area (Å²) in [6, 6.07) is 7.92. The fourth-order valence-electron chi connectivity index (χ4n) is 3.46. The minimum Gasteiger partial charge on any atom is -0.481 e. The first-order valence-corrected chi connectivity index (χ1v) is 10.5. The average Bonchev–Trinajstić information content (AvgIpc) is 2.46. The van der Waals surface area contributed by atoms with E-state index in [1.54, 1.807) is 0 Å². The molecule has 0 aromatic heterocycles. The Morgan fingerprint density at radius 2 is 1.45 bits per heavy atom. The number of nitrogens with two attached hydrogens (primary N) is 1. The van der Waals surface area contributed by atoms with Crippen molar-refractivity contribution in [2.75, 3.05) is 6.61 Å². The lowest BCUT2D eigenvalue weighted by molar-refractivity contribution is 0.370. The van der Waals surface area contributed by atoms with E-state index in [2.05, 4.69) is 53.0 Å². The molecule has 0 spiro atoms. The zero-order valence-electron chi connectivity index (χ0n) is 14.9. The predicted octanol–water partition coefficient (Wildman–Crippen LogP) is 4.75. The summed E-state index contributed by atoms with van der Waals surface area (Å²) in [5.74, 6) is 4.17. The standard InChI is InChI=1S/C19H31NOSi/c1-15(2)22(16(3)4,17(5)6)13-7-12-21-19-10-8-18(14-20)9-11-19/h8-11,15-17H,12,14,20H2,1-6H3. The van der Waals surface area contributed by atoms with E-state index >= 15 is 0 Å². The molecule has 0 atom stereocenters. The van der Waals surface area contributed by atoms with Gasteiger partial charge >= 0.3 is 0 Å². The van der Waals surface area contributed by atoms with Gasteiger partial charge in [-0.25, -0.2) is 0 Å². The second kappa shape index (κ2) is 8.41. The predicted molar refractivity (Wildman–Crippen MR) is 98.7 cm³/mol. The molecule has 0 heterocycles. The molecule has 1 rings (SSSR count). The van der Waals surface area contributed by atoms with Crippen molar-refractivity contribution in [1.82, 2.24) is 0 Å². The molecule has 3 heteroatoms. The summed E-state index contributed by atoms with van der Waals surface area (Å²) in [5, 5.41) is 0. The molecule has 1 aromatic carbocycles. The third-order valence-electron chi connectivity index (χ3n) is 4.64. The van der Waals surface area contributed by atoms with Gasteiger partial charge in [-0.05, 0) is 34.3 Å². The van der Waals surface area contributed by atoms with Crippen LogP contribution >= 0.6 is 0 Å². The van der Waals surface area contributed by atoms with Crippen LogP contribution in [0, 0.1) is 11.5 Å². The molecule has 0 saturated carbocycles. The summed E-state index contributed by atoms with van der Waals surface area (Å²) >= 11 is 0. The largest absolute Gasteiger partial charge is 0.481 e. The smallest absolute Gasteiger partial charge is 0.148 e. The molecule has 0 radical (unpaired) electrons. The van der Waals surface area contributed by atoms with Crippen LogP contribution in [0.3, 0.4) is 0 Å². The molecule has 2 nitrogen and oxygen atoms in total. The van der Waals surface area contributed by atoms with Crippen molar-refractivity contribution in [1.29, 1.82) is 0 Å². The van der Waals surface area contributed by atoms with E-state index < -0.39 is 8.07 Å². The van der Waals surface area contributed by atoms with Gasteiger partial charge < -0.3 is 10.5 Å². The van der Waals surface area contributed by atoms with Gasteiger partial charge in [0.2, 0.25) is 0 Å². The van der Waals surface area contributed by atoms with Gasteiger partial charge in [0, 0.05) is 6.54 Å². The first-order valence-electron chi connectivity index (χ1n) is 8.26. The molecule has 0 aliphatic carbocycles. The topological polar surface area (TPSA) is 35.2 Å². The highest BCUT2D eigenvalue weighted by atomic mass is 28.3. The van der Waals surface area contributed by atoms with Crippen molar-refractivity contribution < 1.29 is 4.74 Å². The fraction of sp³-hybridized carbons (Fsp3) is 0.579. The van der Waals surface area contributed by atoms with Gasteiger partial charge in [-0.1, -0.05) is 59.6 Å². The average molecular weight is 318 g/mol. The van der Waals surface area contributed by atoms with Gasteiger partial charge in [-0.15, -0.1) is 5.54 Å². The van der Waals surface area contributed by atoms with Gasteiger partial charge in [0.25, 0.3) is 0 Å². The van der Waals surface area contributed by atoms with Crippen LogP contribution in [-0.2, 0) is 6.54 Å². The van der Waals surface area contributed by atoms with Crippen LogP contribution in [0.25, 0.3) is 0 Å². The quantitative estimate of drug-likeness (QED) is 0.607. The fourth-order valence-corrected chi connectivity index (χ4v) is 8.71. The van der Waals surface area contributed by atoms with E-state index in [0.717, 1.165) is 11.3 Å². The molecule has 22 heavy (non-hydrogen) atoms. The van der Waals surface area contributed by atoms with Crippen molar-refractivity contribution in [2.24, 2.45) is 5.73 Å². The van der Waals surface area contributed by atoms with E-state index in [9.17, 15) is 0 Å². The third-order valence-corrected chi connectivity index (χ3v) is 11.0. The van der Waals surface area contributed by atoms with Crippen molar-refractivity contribution in [2.45, 2.75) is 64.7 Å². The van der Waals surface area contributed by atoms with Crippen LogP contribution < -0.4 is 10.5 Å². The Balaban J connectivity index is 2.77. The molecule has 2 N–H and O–H groups in total. The molecule has 0 aliphatic rings. The summed E-state index contributed by atoms with van der Waals surface area (Å²) in [5.41, 5.74) is 12.3. The van der Waals surface area contributed by atoms with Crippen molar-refractivity contribution in [3.63, 3.8) is 0 Å². The second-order valence-corrected chi connectivity index (χ2v) is 12.4. The number of ether oxygens (including phenoxy) is 1. The van der Waals surface area contributed by atoms with Gasteiger partial charge in [-0.3, -0.25) is 0 Å². The van der Waals surface area contributed by atoms with E-state index in [-0.39, 0.29) is 0 Å². The highest BCUT2D eigenvalue weighted by Gasteiger charge is 2.41. The SMILES string of the molecule is CC(C)[Si](C#CCOc1ccc(CN)cc1)(C(C)C)C(C)C. The summed E-state index contributed by atoms with van der Waals surface area (Å²) in [4.78, 5) is 0. The lowest BCUT2D eigenvalue weighted by atomic mass is 10.2. The Morgan fingerprint density at radius 3 is 1.86 bits per heavy atom. The Bertz CT molecular complexity index is 487. The summed E-state index contributed by atoms with van der Waals surface area (Å²) in [6.07, 6.45) is 0. The van der Waals surface area contributed by atoms with Crippen molar-refractivity contribution in [3.05, 3.63) is 29.8 Å². The van der Waals surface area contributed by atoms with E-state index in [0.29, 0.717) is 29.8 Å². The Morgan fingerprint density at radius 1 is 0.955 bits per heavy atom. The Kier molecular flexibility index (Phi) is 7.18. The maximum absolute atomic E-state index is 5.75. The lowest BCUT2D eigenvalue weighted by Gasteiger charge is -2.38. The van der Waals surface area contributed by atoms with Crippen LogP contribution in [0.15, 0.2) is 24.3 Å². The first-order chi connectivity index (χ1) is 10.3. The molecule has 0 unspecified atom stereocenters. The van der Waals surface area contributed by atoms with E-state index in [4.69, 9.17) is 10.5 Å². The molecular weight excluding hydrogens is 286 g/mol. The molecule has 1 aromatic rings. The van der Waals surface area contributed by atoms with Gasteiger partial charge in [0.1, 0.15) is 20.4 Å². The first kappa shape index (κ1) is 18.8. The normalized spacial score (nSPS) is 11.7. The zero-order chi connectivity index (χ0) is 16.8. The second-order valence-electron chi connectivity index (χ2n) is 6.84. The summed E-state index contributed by atoms with van der Waals surface area (Å²) in [6.45, 7) is 15.0. The van der Waals surface area contributed by atoms with Gasteiger partial charge in [0.15, 0.2) is 0 Å². The number of rotatable bonds is 6. The van der Waals surface area contributed by atoms with E-state index in [1.165, 1.54) is 0 Å². The lowest BCUT2D eigenvalue weighted by Crippen LogP contribution is -2.43. The minimum absolute atomic E-state index is 0.461. The molecule has 0 fully saturated rings. The Hall–Kier alpha value is -1.24. The highest BCUT2D eigenvalue weighted by molar-refractivity contribution is 6.90. The molecular formula is C19H31NOSi. The van der Waals surface area contributed by atoms with Crippen LogP contribution in [-0.4, -0.2) is 14.7 Å².